The van der Waals surface area contributed by atoms with Gasteiger partial charge in [-0.3, -0.25) is 9.10 Å². The molecule has 3 atom stereocenters. The van der Waals surface area contributed by atoms with E-state index in [-0.39, 0.29) is 27.4 Å². The number of nitrogens with zero attached hydrogens (tertiary/aromatic N) is 4. The molecule has 8 nitrogen and oxygen atoms in total. The molecule has 1 unspecified atom stereocenters. The molecular weight excluding hydrogens is 434 g/mol. The van der Waals surface area contributed by atoms with Crippen molar-refractivity contribution in [3.63, 3.8) is 0 Å². The third-order valence-corrected chi connectivity index (χ3v) is 8.31. The van der Waals surface area contributed by atoms with E-state index in [1.54, 1.807) is 5.38 Å². The molecule has 3 rings (SSSR count). The maximum absolute atomic E-state index is 12.4. The van der Waals surface area contributed by atoms with Gasteiger partial charge in [-0.15, -0.1) is 11.3 Å². The highest BCUT2D eigenvalue weighted by molar-refractivity contribution is 8.13. The molecule has 12 heteroatoms. The molecule has 0 radical (unpaired) electrons. The van der Waals surface area contributed by atoms with Crippen molar-refractivity contribution < 1.29 is 18.3 Å². The van der Waals surface area contributed by atoms with E-state index in [0.29, 0.717) is 11.8 Å². The van der Waals surface area contributed by atoms with Crippen LogP contribution in [0, 0.1) is 0 Å². The fourth-order valence-electron chi connectivity index (χ4n) is 2.99. The van der Waals surface area contributed by atoms with Crippen LogP contribution in [0.2, 0.25) is 0 Å². The topological polar surface area (TPSA) is 106 Å². The minimum Gasteiger partial charge on any atom is -0.433 e. The van der Waals surface area contributed by atoms with Gasteiger partial charge < -0.3 is 15.8 Å². The molecule has 1 amide bonds. The summed E-state index contributed by atoms with van der Waals surface area (Å²) in [5.41, 5.74) is 5.55. The van der Waals surface area contributed by atoms with Crippen molar-refractivity contribution in [1.82, 2.24) is 14.3 Å². The van der Waals surface area contributed by atoms with E-state index >= 15 is 0 Å². The van der Waals surface area contributed by atoms with Gasteiger partial charge in [-0.1, -0.05) is 10.7 Å². The van der Waals surface area contributed by atoms with Crippen LogP contribution in [0.15, 0.2) is 28.7 Å². The zero-order chi connectivity index (χ0) is 22.1. The number of nitrogens with two attached hydrogens (primary N) is 1. The number of carbonyl (C=O) groups excluding carboxylic acids is 1. The number of hydrogen-bond donors (Lipinski definition) is 2. The molecule has 3 heterocycles. The molecule has 0 spiro atoms. The number of rotatable bonds is 5. The first-order valence-electron chi connectivity index (χ1n) is 8.94. The molecule has 1 aliphatic heterocycles. The normalized spacial score (nSPS) is 24.1. The van der Waals surface area contributed by atoms with Crippen molar-refractivity contribution in [3.05, 3.63) is 34.4 Å². The number of aromatic nitrogens is 2. The highest BCUT2D eigenvalue weighted by Gasteiger charge is 2.42. The number of aliphatic imine (C=N–C) groups is 1. The Bertz CT molecular complexity index is 995. The highest BCUT2D eigenvalue weighted by atomic mass is 32.2. The standard InChI is InChI=1S/C18H22F2N6O2S2/c1-5-30-10(2)18(3,25-17(21)26(30)4)15-24-13(9-29-15)23-14(27)12-7-6-11(8-22-12)28-16(19)20/h5-10,16H,1-4H3,(H2,21,25)(H,23,27)/t10-,18+,30?/m1/s1. The molecule has 2 aromatic rings. The van der Waals surface area contributed by atoms with E-state index in [1.807, 2.05) is 25.2 Å². The number of nitrogens with one attached hydrogen (secondary N) is 1. The number of alkyl halides is 2. The summed E-state index contributed by atoms with van der Waals surface area (Å²) in [6, 6.07) is 2.55. The van der Waals surface area contributed by atoms with Crippen LogP contribution in [0.1, 0.15) is 36.3 Å². The van der Waals surface area contributed by atoms with Crippen molar-refractivity contribution in [2.75, 3.05) is 12.4 Å². The number of ether oxygens (including phenoxy) is 1. The first-order valence-corrected chi connectivity index (χ1v) is 11.1. The van der Waals surface area contributed by atoms with Gasteiger partial charge in [-0.05, 0) is 38.3 Å². The molecule has 0 aromatic carbocycles. The van der Waals surface area contributed by atoms with Gasteiger partial charge in [0.25, 0.3) is 5.91 Å². The quantitative estimate of drug-likeness (QED) is 0.669. The Kier molecular flexibility index (Phi) is 6.36. The summed E-state index contributed by atoms with van der Waals surface area (Å²) in [4.78, 5) is 25.5. The second-order valence-corrected chi connectivity index (χ2v) is 9.87. The highest BCUT2D eigenvalue weighted by Crippen LogP contribution is 2.45. The lowest BCUT2D eigenvalue weighted by atomic mass is 10.0. The van der Waals surface area contributed by atoms with Gasteiger partial charge >= 0.3 is 6.61 Å². The van der Waals surface area contributed by atoms with Crippen molar-refractivity contribution in [1.29, 1.82) is 0 Å². The van der Waals surface area contributed by atoms with Crippen LogP contribution in [0.5, 0.6) is 5.75 Å². The number of hydrogen-bond acceptors (Lipinski definition) is 8. The number of anilines is 1. The fourth-order valence-corrected chi connectivity index (χ4v) is 6.11. The largest absolute Gasteiger partial charge is 0.433 e. The molecule has 0 saturated heterocycles. The van der Waals surface area contributed by atoms with Gasteiger partial charge in [0.2, 0.25) is 5.96 Å². The number of halogens is 2. The van der Waals surface area contributed by atoms with E-state index in [1.165, 1.54) is 23.5 Å². The molecule has 0 fully saturated rings. The number of amides is 1. The van der Waals surface area contributed by atoms with Crippen LogP contribution in [0.25, 0.3) is 0 Å². The van der Waals surface area contributed by atoms with Gasteiger partial charge in [0.15, 0.2) is 0 Å². The second-order valence-electron chi connectivity index (χ2n) is 6.59. The number of carbonyl (C=O) groups is 1. The Balaban J connectivity index is 1.78. The predicted octanol–water partition coefficient (Wildman–Crippen LogP) is 3.26. The summed E-state index contributed by atoms with van der Waals surface area (Å²) >= 11 is 1.38. The van der Waals surface area contributed by atoms with Crippen molar-refractivity contribution in [2.45, 2.75) is 38.2 Å². The first kappa shape index (κ1) is 22.1. The third kappa shape index (κ3) is 4.29. The Hall–Kier alpha value is -2.60. The Morgan fingerprint density at radius 3 is 2.83 bits per heavy atom. The lowest BCUT2D eigenvalue weighted by molar-refractivity contribution is -0.0500. The maximum atomic E-state index is 12.4. The average Bonchev–Trinajstić information content (AvgIpc) is 3.16. The molecular formula is C18H22F2N6O2S2. The molecule has 0 bridgehead atoms. The molecule has 30 heavy (non-hydrogen) atoms. The lowest BCUT2D eigenvalue weighted by Crippen LogP contribution is -2.46. The van der Waals surface area contributed by atoms with Gasteiger partial charge in [0, 0.05) is 17.7 Å². The smallest absolute Gasteiger partial charge is 0.387 e. The second kappa shape index (κ2) is 8.64. The monoisotopic (exact) mass is 456 g/mol. The summed E-state index contributed by atoms with van der Waals surface area (Å²) in [6.45, 7) is 3.12. The van der Waals surface area contributed by atoms with Gasteiger partial charge in [-0.25, -0.2) is 15.0 Å². The zero-order valence-electron chi connectivity index (χ0n) is 16.8. The summed E-state index contributed by atoms with van der Waals surface area (Å²) in [5.74, 6) is 0.159. The summed E-state index contributed by atoms with van der Waals surface area (Å²) in [5, 5.41) is 7.35. The van der Waals surface area contributed by atoms with E-state index in [4.69, 9.17) is 5.73 Å². The molecule has 0 aliphatic carbocycles. The van der Waals surface area contributed by atoms with E-state index in [2.05, 4.69) is 37.3 Å². The van der Waals surface area contributed by atoms with Crippen molar-refractivity contribution in [3.8, 4) is 5.75 Å². The van der Waals surface area contributed by atoms with Gasteiger partial charge in [0.05, 0.1) is 6.20 Å². The minimum absolute atomic E-state index is 0.0504. The first-order chi connectivity index (χ1) is 14.2. The molecule has 162 valence electrons. The van der Waals surface area contributed by atoms with Crippen LogP contribution in [0.4, 0.5) is 14.6 Å². The molecule has 0 saturated carbocycles. The maximum Gasteiger partial charge on any atom is 0.387 e. The Labute approximate surface area is 179 Å². The minimum atomic E-state index is -2.95. The van der Waals surface area contributed by atoms with Crippen molar-refractivity contribution >= 4 is 45.1 Å². The predicted molar refractivity (Wildman–Crippen MR) is 116 cm³/mol. The van der Waals surface area contributed by atoms with Gasteiger partial charge in [0.1, 0.15) is 27.8 Å². The van der Waals surface area contributed by atoms with Crippen molar-refractivity contribution in [2.24, 2.45) is 10.7 Å². The molecule has 3 N–H and O–H groups in total. The van der Waals surface area contributed by atoms with Crippen LogP contribution in [0.3, 0.4) is 0 Å². The van der Waals surface area contributed by atoms with E-state index in [9.17, 15) is 13.6 Å². The number of guanidine groups is 1. The summed E-state index contributed by atoms with van der Waals surface area (Å²) < 4.78 is 30.6. The lowest BCUT2D eigenvalue weighted by Gasteiger charge is -2.41. The average molecular weight is 457 g/mol. The van der Waals surface area contributed by atoms with Crippen LogP contribution >= 0.6 is 22.0 Å². The molecule has 2 aromatic heterocycles. The van der Waals surface area contributed by atoms with E-state index in [0.717, 1.165) is 11.2 Å². The SMILES string of the molecule is C/C=S1\[C@H](C)[C@@](C)(c2nc(NC(=O)c3ccc(OC(F)F)cn3)cs2)N=C(N)N1C. The van der Waals surface area contributed by atoms with Crippen LogP contribution < -0.4 is 15.8 Å². The number of thiazole rings is 1. The molecule has 1 aliphatic rings. The Morgan fingerprint density at radius 2 is 2.23 bits per heavy atom. The Morgan fingerprint density at radius 1 is 1.50 bits per heavy atom. The van der Waals surface area contributed by atoms with Crippen LogP contribution in [-0.2, 0) is 5.54 Å². The summed E-state index contributed by atoms with van der Waals surface area (Å²) in [7, 11) is 1.69. The zero-order valence-corrected chi connectivity index (χ0v) is 18.4. The third-order valence-electron chi connectivity index (χ3n) is 4.75. The van der Waals surface area contributed by atoms with Gasteiger partial charge in [-0.2, -0.15) is 8.78 Å². The van der Waals surface area contributed by atoms with Crippen LogP contribution in [-0.4, -0.2) is 50.4 Å². The fraction of sp³-hybridized carbons (Fsp3) is 0.389. The summed E-state index contributed by atoms with van der Waals surface area (Å²) in [6.07, 6.45) is 1.06. The number of pyridine rings is 1. The van der Waals surface area contributed by atoms with E-state index < -0.39 is 18.1 Å².